The van der Waals surface area contributed by atoms with Crippen LogP contribution in [0.1, 0.15) is 16.8 Å². The second-order valence-electron chi connectivity index (χ2n) is 7.20. The summed E-state index contributed by atoms with van der Waals surface area (Å²) >= 11 is 1.61. The molecular formula is C25H27N3O3S. The highest BCUT2D eigenvalue weighted by atomic mass is 32.2. The van der Waals surface area contributed by atoms with Crippen LogP contribution >= 0.6 is 11.8 Å². The van der Waals surface area contributed by atoms with Crippen LogP contribution in [0.15, 0.2) is 73.1 Å². The highest BCUT2D eigenvalue weighted by Gasteiger charge is 2.23. The third-order valence-corrected chi connectivity index (χ3v) is 5.80. The number of methoxy groups -OCH3 is 1. The zero-order chi connectivity index (χ0) is 22.9. The number of esters is 1. The summed E-state index contributed by atoms with van der Waals surface area (Å²) in [6, 6.07) is 18.6. The van der Waals surface area contributed by atoms with Gasteiger partial charge in [0.1, 0.15) is 6.04 Å². The molecule has 1 N–H and O–H groups in total. The van der Waals surface area contributed by atoms with Crippen molar-refractivity contribution in [3.63, 3.8) is 0 Å². The molecule has 1 unspecified atom stereocenters. The molecule has 0 saturated heterocycles. The number of benzene rings is 2. The Hall–Kier alpha value is -3.32. The van der Waals surface area contributed by atoms with Gasteiger partial charge in [-0.3, -0.25) is 9.78 Å². The topological polar surface area (TPSA) is 71.5 Å². The molecule has 6 nitrogen and oxygen atoms in total. The van der Waals surface area contributed by atoms with Gasteiger partial charge in [-0.05, 0) is 59.9 Å². The number of nitrogens with one attached hydrogen (secondary N) is 1. The fraction of sp³-hybridized carbons (Fsp3) is 0.240. The van der Waals surface area contributed by atoms with Gasteiger partial charge in [-0.15, -0.1) is 0 Å². The second kappa shape index (κ2) is 11.3. The number of carbonyl (C=O) groups is 2. The number of amides is 1. The van der Waals surface area contributed by atoms with E-state index >= 15 is 0 Å². The number of rotatable bonds is 9. The van der Waals surface area contributed by atoms with Crippen molar-refractivity contribution in [1.29, 1.82) is 0 Å². The molecule has 0 radical (unpaired) electrons. The molecule has 0 aliphatic rings. The van der Waals surface area contributed by atoms with E-state index in [0.29, 0.717) is 12.0 Å². The van der Waals surface area contributed by atoms with Crippen LogP contribution in [-0.2, 0) is 9.53 Å². The Labute approximate surface area is 193 Å². The maximum atomic E-state index is 13.2. The van der Waals surface area contributed by atoms with Crippen molar-refractivity contribution in [1.82, 2.24) is 10.3 Å². The van der Waals surface area contributed by atoms with Crippen molar-refractivity contribution in [2.75, 3.05) is 31.1 Å². The van der Waals surface area contributed by atoms with Crippen molar-refractivity contribution in [3.8, 4) is 11.1 Å². The molecule has 1 atom stereocenters. The first-order chi connectivity index (χ1) is 15.5. The van der Waals surface area contributed by atoms with E-state index in [9.17, 15) is 9.59 Å². The van der Waals surface area contributed by atoms with Gasteiger partial charge >= 0.3 is 5.97 Å². The Morgan fingerprint density at radius 1 is 1.09 bits per heavy atom. The predicted molar refractivity (Wildman–Crippen MR) is 130 cm³/mol. The van der Waals surface area contributed by atoms with Gasteiger partial charge in [0.25, 0.3) is 5.91 Å². The lowest BCUT2D eigenvalue weighted by Gasteiger charge is -2.22. The van der Waals surface area contributed by atoms with Crippen LogP contribution in [0.4, 0.5) is 11.4 Å². The van der Waals surface area contributed by atoms with E-state index in [1.165, 1.54) is 7.11 Å². The highest BCUT2D eigenvalue weighted by molar-refractivity contribution is 7.98. The molecule has 1 aromatic heterocycles. The summed E-state index contributed by atoms with van der Waals surface area (Å²) in [4.78, 5) is 31.6. The maximum absolute atomic E-state index is 13.2. The Morgan fingerprint density at radius 3 is 2.53 bits per heavy atom. The first-order valence-corrected chi connectivity index (χ1v) is 11.7. The number of ether oxygens (including phenoxy) is 1. The van der Waals surface area contributed by atoms with E-state index in [4.69, 9.17) is 4.74 Å². The minimum atomic E-state index is -0.693. The van der Waals surface area contributed by atoms with E-state index in [-0.39, 0.29) is 5.91 Å². The third-order valence-electron chi connectivity index (χ3n) is 5.15. The molecule has 166 valence electrons. The minimum absolute atomic E-state index is 0.309. The molecule has 0 saturated carbocycles. The number of hydrogen-bond acceptors (Lipinski definition) is 6. The number of anilines is 2. The fourth-order valence-electron chi connectivity index (χ4n) is 3.36. The standard InChI is InChI=1S/C25H27N3O3S/c1-28(20-10-7-14-26-17-20)19-11-12-21(22(16-19)18-8-5-4-6-9-18)24(29)27-23(13-15-32-3)25(30)31-2/h4-12,14,16-17,23H,13,15H2,1-3H3,(H,27,29). The van der Waals surface area contributed by atoms with E-state index < -0.39 is 12.0 Å². The maximum Gasteiger partial charge on any atom is 0.328 e. The van der Waals surface area contributed by atoms with Crippen LogP contribution in [-0.4, -0.2) is 49.1 Å². The zero-order valence-corrected chi connectivity index (χ0v) is 19.3. The minimum Gasteiger partial charge on any atom is -0.467 e. The SMILES string of the molecule is COC(=O)C(CCSC)NC(=O)c1ccc(N(C)c2cccnc2)cc1-c1ccccc1. The molecular weight excluding hydrogens is 422 g/mol. The smallest absolute Gasteiger partial charge is 0.328 e. The molecule has 1 heterocycles. The Bertz CT molecular complexity index is 1040. The van der Waals surface area contributed by atoms with Crippen LogP contribution in [0.5, 0.6) is 0 Å². The number of pyridine rings is 1. The highest BCUT2D eigenvalue weighted by Crippen LogP contribution is 2.31. The predicted octanol–water partition coefficient (Wildman–Crippen LogP) is 4.54. The average molecular weight is 450 g/mol. The Kier molecular flexibility index (Phi) is 8.27. The van der Waals surface area contributed by atoms with Crippen LogP contribution in [0.2, 0.25) is 0 Å². The van der Waals surface area contributed by atoms with Crippen LogP contribution in [0.25, 0.3) is 11.1 Å². The first kappa shape index (κ1) is 23.3. The van der Waals surface area contributed by atoms with E-state index in [2.05, 4.69) is 10.3 Å². The van der Waals surface area contributed by atoms with Gasteiger partial charge in [-0.1, -0.05) is 30.3 Å². The van der Waals surface area contributed by atoms with Gasteiger partial charge in [-0.2, -0.15) is 11.8 Å². The summed E-state index contributed by atoms with van der Waals surface area (Å²) in [5.74, 6) is -0.0157. The monoisotopic (exact) mass is 449 g/mol. The van der Waals surface area contributed by atoms with Crippen LogP contribution in [0.3, 0.4) is 0 Å². The number of hydrogen-bond donors (Lipinski definition) is 1. The molecule has 2 aromatic carbocycles. The summed E-state index contributed by atoms with van der Waals surface area (Å²) in [6.45, 7) is 0. The molecule has 0 spiro atoms. The molecule has 3 aromatic rings. The number of aromatic nitrogens is 1. The lowest BCUT2D eigenvalue weighted by molar-refractivity contribution is -0.142. The molecule has 1 amide bonds. The molecule has 3 rings (SSSR count). The molecule has 0 bridgehead atoms. The van der Waals surface area contributed by atoms with Gasteiger partial charge in [0.05, 0.1) is 19.0 Å². The van der Waals surface area contributed by atoms with E-state index in [0.717, 1.165) is 28.3 Å². The van der Waals surface area contributed by atoms with Gasteiger partial charge in [0.2, 0.25) is 0 Å². The number of carbonyl (C=O) groups excluding carboxylic acids is 2. The van der Waals surface area contributed by atoms with Gasteiger partial charge in [-0.25, -0.2) is 4.79 Å². The van der Waals surface area contributed by atoms with Crippen LogP contribution in [0, 0.1) is 0 Å². The largest absolute Gasteiger partial charge is 0.467 e. The molecule has 32 heavy (non-hydrogen) atoms. The quantitative estimate of drug-likeness (QED) is 0.484. The Balaban J connectivity index is 1.97. The summed E-state index contributed by atoms with van der Waals surface area (Å²) in [6.07, 6.45) is 5.98. The van der Waals surface area contributed by atoms with Gasteiger partial charge < -0.3 is 15.0 Å². The normalized spacial score (nSPS) is 11.5. The summed E-state index contributed by atoms with van der Waals surface area (Å²) < 4.78 is 4.89. The van der Waals surface area contributed by atoms with Crippen molar-refractivity contribution in [2.45, 2.75) is 12.5 Å². The van der Waals surface area contributed by atoms with Crippen molar-refractivity contribution in [2.24, 2.45) is 0 Å². The lowest BCUT2D eigenvalue weighted by atomic mass is 9.97. The third kappa shape index (κ3) is 5.68. The first-order valence-electron chi connectivity index (χ1n) is 10.3. The molecule has 0 aliphatic heterocycles. The average Bonchev–Trinajstić information content (AvgIpc) is 2.86. The van der Waals surface area contributed by atoms with Crippen molar-refractivity contribution < 1.29 is 14.3 Å². The second-order valence-corrected chi connectivity index (χ2v) is 8.18. The lowest BCUT2D eigenvalue weighted by Crippen LogP contribution is -2.42. The summed E-state index contributed by atoms with van der Waals surface area (Å²) in [5, 5.41) is 2.86. The van der Waals surface area contributed by atoms with Crippen molar-refractivity contribution >= 4 is 35.0 Å². The zero-order valence-electron chi connectivity index (χ0n) is 18.4. The van der Waals surface area contributed by atoms with Crippen molar-refractivity contribution in [3.05, 3.63) is 78.6 Å². The van der Waals surface area contributed by atoms with Crippen LogP contribution < -0.4 is 10.2 Å². The molecule has 7 heteroatoms. The van der Waals surface area contributed by atoms with E-state index in [1.807, 2.05) is 72.8 Å². The van der Waals surface area contributed by atoms with E-state index in [1.54, 1.807) is 30.2 Å². The molecule has 0 aliphatic carbocycles. The Morgan fingerprint density at radius 2 is 1.88 bits per heavy atom. The summed E-state index contributed by atoms with van der Waals surface area (Å²) in [7, 11) is 3.29. The number of thioether (sulfide) groups is 1. The fourth-order valence-corrected chi connectivity index (χ4v) is 3.83. The molecule has 0 fully saturated rings. The van der Waals surface area contributed by atoms with Gasteiger partial charge in [0, 0.05) is 24.5 Å². The van der Waals surface area contributed by atoms with Gasteiger partial charge in [0.15, 0.2) is 0 Å². The summed E-state index contributed by atoms with van der Waals surface area (Å²) in [5.41, 5.74) is 4.05. The number of nitrogens with zero attached hydrogens (tertiary/aromatic N) is 2.